The molecule has 0 saturated carbocycles. The number of carbonyl (C=O) groups excluding carboxylic acids is 1. The Morgan fingerprint density at radius 3 is 2.72 bits per heavy atom. The second-order valence-corrected chi connectivity index (χ2v) is 3.69. The number of amides is 1. The SMILES string of the molecule is C[C@H](CN)NC(=O)c1cccc(OC(F)(F)F)c1. The van der Waals surface area contributed by atoms with Crippen LogP contribution in [0.1, 0.15) is 17.3 Å². The van der Waals surface area contributed by atoms with Crippen molar-refractivity contribution in [2.24, 2.45) is 5.73 Å². The average molecular weight is 262 g/mol. The van der Waals surface area contributed by atoms with Crippen LogP contribution in [-0.2, 0) is 0 Å². The highest BCUT2D eigenvalue weighted by molar-refractivity contribution is 5.94. The summed E-state index contributed by atoms with van der Waals surface area (Å²) in [6.45, 7) is 1.93. The third-order valence-corrected chi connectivity index (χ3v) is 2.06. The maximum atomic E-state index is 12.0. The average Bonchev–Trinajstić information content (AvgIpc) is 2.26. The summed E-state index contributed by atoms with van der Waals surface area (Å²) in [4.78, 5) is 11.6. The molecule has 0 heterocycles. The largest absolute Gasteiger partial charge is 0.573 e. The van der Waals surface area contributed by atoms with Crippen molar-refractivity contribution in [3.63, 3.8) is 0 Å². The van der Waals surface area contributed by atoms with Gasteiger partial charge in [0.05, 0.1) is 0 Å². The van der Waals surface area contributed by atoms with Crippen LogP contribution in [0.15, 0.2) is 24.3 Å². The Labute approximate surface area is 102 Å². The van der Waals surface area contributed by atoms with Gasteiger partial charge in [0.15, 0.2) is 0 Å². The molecule has 0 radical (unpaired) electrons. The molecule has 1 aromatic rings. The molecule has 0 aromatic heterocycles. The Morgan fingerprint density at radius 1 is 1.50 bits per heavy atom. The van der Waals surface area contributed by atoms with E-state index in [1.54, 1.807) is 6.92 Å². The summed E-state index contributed by atoms with van der Waals surface area (Å²) < 4.78 is 39.7. The molecule has 18 heavy (non-hydrogen) atoms. The summed E-state index contributed by atoms with van der Waals surface area (Å²) in [5.41, 5.74) is 5.40. The molecule has 1 amide bonds. The zero-order valence-electron chi connectivity index (χ0n) is 9.62. The van der Waals surface area contributed by atoms with E-state index >= 15 is 0 Å². The first-order valence-electron chi connectivity index (χ1n) is 5.18. The van der Waals surface area contributed by atoms with Crippen LogP contribution in [0, 0.1) is 0 Å². The number of halogens is 3. The topological polar surface area (TPSA) is 64.3 Å². The molecule has 0 aliphatic carbocycles. The molecule has 0 saturated heterocycles. The number of rotatable bonds is 4. The molecule has 0 bridgehead atoms. The van der Waals surface area contributed by atoms with Crippen molar-refractivity contribution < 1.29 is 22.7 Å². The lowest BCUT2D eigenvalue weighted by Gasteiger charge is -2.13. The monoisotopic (exact) mass is 262 g/mol. The van der Waals surface area contributed by atoms with Crippen LogP contribution >= 0.6 is 0 Å². The number of nitrogens with one attached hydrogen (secondary N) is 1. The summed E-state index contributed by atoms with van der Waals surface area (Å²) in [5.74, 6) is -0.934. The summed E-state index contributed by atoms with van der Waals surface area (Å²) in [6.07, 6.45) is -4.78. The smallest absolute Gasteiger partial charge is 0.406 e. The van der Waals surface area contributed by atoms with Crippen LogP contribution in [-0.4, -0.2) is 24.9 Å². The van der Waals surface area contributed by atoms with Gasteiger partial charge in [0.2, 0.25) is 0 Å². The molecular weight excluding hydrogens is 249 g/mol. The molecule has 3 N–H and O–H groups in total. The van der Waals surface area contributed by atoms with Gasteiger partial charge in [-0.2, -0.15) is 0 Å². The number of benzene rings is 1. The first kappa shape index (κ1) is 14.3. The fourth-order valence-electron chi connectivity index (χ4n) is 1.20. The summed E-state index contributed by atoms with van der Waals surface area (Å²) in [6, 6.07) is 4.58. The normalized spacial score (nSPS) is 12.9. The van der Waals surface area contributed by atoms with E-state index in [0.717, 1.165) is 12.1 Å². The molecule has 0 unspecified atom stereocenters. The number of nitrogens with two attached hydrogens (primary N) is 1. The molecule has 7 heteroatoms. The second-order valence-electron chi connectivity index (χ2n) is 3.69. The molecule has 0 fully saturated rings. The van der Waals surface area contributed by atoms with Gasteiger partial charge in [-0.25, -0.2) is 0 Å². The van der Waals surface area contributed by atoms with Gasteiger partial charge in [0, 0.05) is 18.2 Å². The fraction of sp³-hybridized carbons (Fsp3) is 0.364. The van der Waals surface area contributed by atoms with Crippen LogP contribution in [0.5, 0.6) is 5.75 Å². The van der Waals surface area contributed by atoms with Gasteiger partial charge in [-0.05, 0) is 25.1 Å². The zero-order chi connectivity index (χ0) is 13.8. The van der Waals surface area contributed by atoms with Gasteiger partial charge in [0.1, 0.15) is 5.75 Å². The fourth-order valence-corrected chi connectivity index (χ4v) is 1.20. The lowest BCUT2D eigenvalue weighted by atomic mass is 10.2. The van der Waals surface area contributed by atoms with Gasteiger partial charge in [-0.1, -0.05) is 6.07 Å². The molecule has 100 valence electrons. The molecule has 1 aromatic carbocycles. The van der Waals surface area contributed by atoms with E-state index in [1.165, 1.54) is 12.1 Å². The summed E-state index contributed by atoms with van der Waals surface area (Å²) in [7, 11) is 0. The minimum Gasteiger partial charge on any atom is -0.406 e. The van der Waals surface area contributed by atoms with Crippen molar-refractivity contribution >= 4 is 5.91 Å². The number of alkyl halides is 3. The van der Waals surface area contributed by atoms with E-state index in [1.807, 2.05) is 0 Å². The minimum absolute atomic E-state index is 0.0806. The summed E-state index contributed by atoms with van der Waals surface area (Å²) >= 11 is 0. The quantitative estimate of drug-likeness (QED) is 0.867. The highest BCUT2D eigenvalue weighted by Gasteiger charge is 2.31. The number of ether oxygens (including phenoxy) is 1. The number of carbonyl (C=O) groups is 1. The molecular formula is C11H13F3N2O2. The van der Waals surface area contributed by atoms with Crippen molar-refractivity contribution in [2.75, 3.05) is 6.54 Å². The van der Waals surface area contributed by atoms with Crippen molar-refractivity contribution in [2.45, 2.75) is 19.3 Å². The first-order chi connectivity index (χ1) is 8.31. The van der Waals surface area contributed by atoms with Crippen LogP contribution in [0.25, 0.3) is 0 Å². The number of hydrogen-bond acceptors (Lipinski definition) is 3. The zero-order valence-corrected chi connectivity index (χ0v) is 9.62. The van der Waals surface area contributed by atoms with E-state index in [0.29, 0.717) is 0 Å². The van der Waals surface area contributed by atoms with E-state index in [-0.39, 0.29) is 18.2 Å². The molecule has 1 rings (SSSR count). The molecule has 0 aliphatic heterocycles. The summed E-state index contributed by atoms with van der Waals surface area (Å²) in [5, 5.41) is 2.54. The predicted molar refractivity (Wildman–Crippen MR) is 59.1 cm³/mol. The third kappa shape index (κ3) is 4.62. The molecule has 0 aliphatic rings. The Hall–Kier alpha value is -1.76. The minimum atomic E-state index is -4.78. The Kier molecular flexibility index (Phi) is 4.55. The Bertz CT molecular complexity index is 421. The van der Waals surface area contributed by atoms with Gasteiger partial charge in [0.25, 0.3) is 5.91 Å². The number of hydrogen-bond donors (Lipinski definition) is 2. The van der Waals surface area contributed by atoms with Gasteiger partial charge in [-0.15, -0.1) is 13.2 Å². The van der Waals surface area contributed by atoms with Crippen LogP contribution < -0.4 is 15.8 Å². The van der Waals surface area contributed by atoms with E-state index in [9.17, 15) is 18.0 Å². The molecule has 0 spiro atoms. The highest BCUT2D eigenvalue weighted by atomic mass is 19.4. The van der Waals surface area contributed by atoms with Crippen molar-refractivity contribution in [1.82, 2.24) is 5.32 Å². The van der Waals surface area contributed by atoms with E-state index in [2.05, 4.69) is 10.1 Å². The van der Waals surface area contributed by atoms with Crippen molar-refractivity contribution in [3.8, 4) is 5.75 Å². The van der Waals surface area contributed by atoms with Gasteiger partial charge in [-0.3, -0.25) is 4.79 Å². The molecule has 4 nitrogen and oxygen atoms in total. The maximum absolute atomic E-state index is 12.0. The van der Waals surface area contributed by atoms with Crippen LogP contribution in [0.4, 0.5) is 13.2 Å². The molecule has 1 atom stereocenters. The lowest BCUT2D eigenvalue weighted by molar-refractivity contribution is -0.274. The Morgan fingerprint density at radius 2 is 2.17 bits per heavy atom. The van der Waals surface area contributed by atoms with E-state index < -0.39 is 18.0 Å². The van der Waals surface area contributed by atoms with E-state index in [4.69, 9.17) is 5.73 Å². The Balaban J connectivity index is 2.79. The van der Waals surface area contributed by atoms with Gasteiger partial charge < -0.3 is 15.8 Å². The third-order valence-electron chi connectivity index (χ3n) is 2.06. The van der Waals surface area contributed by atoms with Crippen LogP contribution in [0.3, 0.4) is 0 Å². The second kappa shape index (κ2) is 5.72. The first-order valence-corrected chi connectivity index (χ1v) is 5.18. The highest BCUT2D eigenvalue weighted by Crippen LogP contribution is 2.23. The predicted octanol–water partition coefficient (Wildman–Crippen LogP) is 1.66. The maximum Gasteiger partial charge on any atom is 0.573 e. The standard InChI is InChI=1S/C11H13F3N2O2/c1-7(6-15)16-10(17)8-3-2-4-9(5-8)18-11(12,13)14/h2-5,7H,6,15H2,1H3,(H,16,17)/t7-/m1/s1. The van der Waals surface area contributed by atoms with Crippen molar-refractivity contribution in [1.29, 1.82) is 0 Å². The van der Waals surface area contributed by atoms with Gasteiger partial charge >= 0.3 is 6.36 Å². The lowest BCUT2D eigenvalue weighted by Crippen LogP contribution is -2.37. The van der Waals surface area contributed by atoms with Crippen molar-refractivity contribution in [3.05, 3.63) is 29.8 Å². The van der Waals surface area contributed by atoms with Crippen LogP contribution in [0.2, 0.25) is 0 Å².